The largest absolute Gasteiger partial charge is 0.368 e. The predicted octanol–water partition coefficient (Wildman–Crippen LogP) is 4.11. The van der Waals surface area contributed by atoms with Crippen LogP contribution in [0, 0.1) is 12.3 Å². The van der Waals surface area contributed by atoms with Crippen LogP contribution in [0.1, 0.15) is 16.7 Å². The first-order valence-electron chi connectivity index (χ1n) is 12.1. The summed E-state index contributed by atoms with van der Waals surface area (Å²) in [6.45, 7) is 1.24. The molecular formula is C30H32O6. The van der Waals surface area contributed by atoms with Crippen LogP contribution in [0.25, 0.3) is 0 Å². The van der Waals surface area contributed by atoms with Crippen molar-refractivity contribution in [1.29, 1.82) is 0 Å². The summed E-state index contributed by atoms with van der Waals surface area (Å²) < 4.78 is 30.5. The number of aliphatic hydroxyl groups is 1. The van der Waals surface area contributed by atoms with E-state index in [1.54, 1.807) is 0 Å². The molecule has 36 heavy (non-hydrogen) atoms. The lowest BCUT2D eigenvalue weighted by atomic mass is 9.98. The van der Waals surface area contributed by atoms with E-state index < -0.39 is 30.7 Å². The molecule has 0 saturated carbocycles. The molecule has 188 valence electrons. The summed E-state index contributed by atoms with van der Waals surface area (Å²) in [5.74, 6) is 2.46. The van der Waals surface area contributed by atoms with Gasteiger partial charge in [0.05, 0.1) is 26.4 Å². The van der Waals surface area contributed by atoms with Crippen LogP contribution in [0.5, 0.6) is 0 Å². The highest BCUT2D eigenvalue weighted by Gasteiger charge is 2.48. The number of rotatable bonds is 12. The Hall–Kier alpha value is -3.02. The van der Waals surface area contributed by atoms with Crippen LogP contribution in [-0.4, -0.2) is 49.0 Å². The fourth-order valence-electron chi connectivity index (χ4n) is 4.13. The van der Waals surface area contributed by atoms with E-state index in [4.69, 9.17) is 30.1 Å². The summed E-state index contributed by atoms with van der Waals surface area (Å²) in [4.78, 5) is 0. The lowest BCUT2D eigenvalue weighted by molar-refractivity contribution is -0.316. The van der Waals surface area contributed by atoms with Crippen LogP contribution >= 0.6 is 0 Å². The maximum Gasteiger partial charge on any atom is 0.184 e. The molecule has 6 nitrogen and oxygen atoms in total. The molecule has 4 rings (SSSR count). The second kappa shape index (κ2) is 13.9. The van der Waals surface area contributed by atoms with E-state index in [0.717, 1.165) is 16.7 Å². The van der Waals surface area contributed by atoms with E-state index in [1.807, 2.05) is 91.0 Å². The normalized spacial score (nSPS) is 23.7. The van der Waals surface area contributed by atoms with Crippen molar-refractivity contribution in [3.63, 3.8) is 0 Å². The number of terminal acetylenes is 1. The Morgan fingerprint density at radius 3 is 1.58 bits per heavy atom. The Morgan fingerprint density at radius 2 is 1.11 bits per heavy atom. The first-order valence-corrected chi connectivity index (χ1v) is 12.1. The molecule has 1 N–H and O–H groups in total. The van der Waals surface area contributed by atoms with Crippen LogP contribution in [0.3, 0.4) is 0 Å². The molecule has 0 amide bonds. The number of hydrogen-bond acceptors (Lipinski definition) is 6. The molecule has 1 aliphatic rings. The van der Waals surface area contributed by atoms with Gasteiger partial charge in [0.2, 0.25) is 0 Å². The van der Waals surface area contributed by atoms with Crippen molar-refractivity contribution in [2.24, 2.45) is 0 Å². The van der Waals surface area contributed by atoms with E-state index in [0.29, 0.717) is 19.8 Å². The van der Waals surface area contributed by atoms with Crippen molar-refractivity contribution >= 4 is 0 Å². The van der Waals surface area contributed by atoms with Gasteiger partial charge in [0.15, 0.2) is 6.29 Å². The van der Waals surface area contributed by atoms with Crippen molar-refractivity contribution < 1.29 is 28.8 Å². The van der Waals surface area contributed by atoms with Gasteiger partial charge in [0.25, 0.3) is 0 Å². The highest BCUT2D eigenvalue weighted by Crippen LogP contribution is 2.30. The molecule has 5 atom stereocenters. The predicted molar refractivity (Wildman–Crippen MR) is 136 cm³/mol. The summed E-state index contributed by atoms with van der Waals surface area (Å²) >= 11 is 0. The smallest absolute Gasteiger partial charge is 0.184 e. The Morgan fingerprint density at radius 1 is 0.667 bits per heavy atom. The average Bonchev–Trinajstić information content (AvgIpc) is 2.92. The van der Waals surface area contributed by atoms with Gasteiger partial charge in [-0.1, -0.05) is 96.9 Å². The van der Waals surface area contributed by atoms with Crippen molar-refractivity contribution in [2.75, 3.05) is 13.2 Å². The molecular weight excluding hydrogens is 456 g/mol. The fourth-order valence-corrected chi connectivity index (χ4v) is 4.13. The third-order valence-corrected chi connectivity index (χ3v) is 5.93. The second-order valence-corrected chi connectivity index (χ2v) is 8.57. The molecule has 0 aromatic heterocycles. The maximum absolute atomic E-state index is 11.0. The zero-order valence-corrected chi connectivity index (χ0v) is 20.1. The van der Waals surface area contributed by atoms with Crippen LogP contribution in [0.4, 0.5) is 0 Å². The van der Waals surface area contributed by atoms with Gasteiger partial charge in [-0.3, -0.25) is 0 Å². The highest BCUT2D eigenvalue weighted by atomic mass is 16.7. The minimum absolute atomic E-state index is 0.130. The van der Waals surface area contributed by atoms with Gasteiger partial charge in [-0.25, -0.2) is 0 Å². The van der Waals surface area contributed by atoms with E-state index in [2.05, 4.69) is 5.92 Å². The lowest BCUT2D eigenvalue weighted by Gasteiger charge is -2.44. The van der Waals surface area contributed by atoms with E-state index in [-0.39, 0.29) is 13.2 Å². The highest BCUT2D eigenvalue weighted by molar-refractivity contribution is 5.15. The Balaban J connectivity index is 1.56. The molecule has 3 aromatic rings. The molecule has 3 aromatic carbocycles. The van der Waals surface area contributed by atoms with Crippen LogP contribution in [-0.2, 0) is 43.5 Å². The van der Waals surface area contributed by atoms with Crippen LogP contribution < -0.4 is 0 Å². The second-order valence-electron chi connectivity index (χ2n) is 8.57. The van der Waals surface area contributed by atoms with Crippen molar-refractivity contribution in [3.05, 3.63) is 108 Å². The monoisotopic (exact) mass is 488 g/mol. The van der Waals surface area contributed by atoms with E-state index in [1.165, 1.54) is 0 Å². The molecule has 0 spiro atoms. The van der Waals surface area contributed by atoms with Crippen LogP contribution in [0.2, 0.25) is 0 Å². The van der Waals surface area contributed by atoms with Crippen molar-refractivity contribution in [3.8, 4) is 12.3 Å². The molecule has 1 fully saturated rings. The first-order chi connectivity index (χ1) is 17.7. The molecule has 0 bridgehead atoms. The molecule has 0 radical (unpaired) electrons. The Labute approximate surface area is 212 Å². The van der Waals surface area contributed by atoms with Gasteiger partial charge >= 0.3 is 0 Å². The Bertz CT molecular complexity index is 1050. The van der Waals surface area contributed by atoms with E-state index in [9.17, 15) is 5.11 Å². The summed E-state index contributed by atoms with van der Waals surface area (Å²) in [6.07, 6.45) is 1.55. The average molecular weight is 489 g/mol. The first kappa shape index (κ1) is 26.1. The number of ether oxygens (including phenoxy) is 5. The fraction of sp³-hybridized carbons (Fsp3) is 0.333. The van der Waals surface area contributed by atoms with Crippen LogP contribution in [0.15, 0.2) is 91.0 Å². The third kappa shape index (κ3) is 7.49. The van der Waals surface area contributed by atoms with E-state index >= 15 is 0 Å². The van der Waals surface area contributed by atoms with Gasteiger partial charge in [-0.2, -0.15) is 0 Å². The van der Waals surface area contributed by atoms with Crippen molar-refractivity contribution in [1.82, 2.24) is 0 Å². The summed E-state index contributed by atoms with van der Waals surface area (Å²) in [7, 11) is 0. The summed E-state index contributed by atoms with van der Waals surface area (Å²) in [6, 6.07) is 29.5. The molecule has 0 aliphatic carbocycles. The third-order valence-electron chi connectivity index (χ3n) is 5.93. The quantitative estimate of drug-likeness (QED) is 0.306. The zero-order valence-electron chi connectivity index (χ0n) is 20.1. The SMILES string of the molecule is C#CCOC[C@H]1O[C@H](O)[C@H](OCc2ccccc2)[C@@H](OCc2ccccc2)[C@@H]1OCc1ccccc1. The standard InChI is InChI=1S/C30H32O6/c1-2-18-32-22-26-27(33-19-23-12-6-3-7-13-23)28(34-20-24-14-8-4-9-15-24)29(30(31)36-26)35-21-25-16-10-5-11-17-25/h1,3-17,26-31H,18-22H2/t26-,27-,28+,29-,30+/m1/s1. The van der Waals surface area contributed by atoms with Gasteiger partial charge in [-0.15, -0.1) is 6.42 Å². The molecule has 6 heteroatoms. The molecule has 1 heterocycles. The lowest BCUT2D eigenvalue weighted by Crippen LogP contribution is -2.61. The van der Waals surface area contributed by atoms with Gasteiger partial charge < -0.3 is 28.8 Å². The maximum atomic E-state index is 11.0. The summed E-state index contributed by atoms with van der Waals surface area (Å²) in [5, 5.41) is 11.0. The summed E-state index contributed by atoms with van der Waals surface area (Å²) in [5.41, 5.74) is 2.99. The van der Waals surface area contributed by atoms with Gasteiger partial charge in [0.1, 0.15) is 31.0 Å². The van der Waals surface area contributed by atoms with Gasteiger partial charge in [-0.05, 0) is 16.7 Å². The molecule has 1 aliphatic heterocycles. The minimum atomic E-state index is -1.23. The minimum Gasteiger partial charge on any atom is -0.368 e. The topological polar surface area (TPSA) is 66.4 Å². The number of aliphatic hydroxyl groups excluding tert-OH is 1. The van der Waals surface area contributed by atoms with Gasteiger partial charge in [0, 0.05) is 0 Å². The number of benzene rings is 3. The zero-order chi connectivity index (χ0) is 25.0. The number of hydrogen-bond donors (Lipinski definition) is 1. The molecule has 1 saturated heterocycles. The Kier molecular flexibility index (Phi) is 10.1. The molecule has 0 unspecified atom stereocenters. The van der Waals surface area contributed by atoms with Crippen molar-refractivity contribution in [2.45, 2.75) is 50.5 Å².